The van der Waals surface area contributed by atoms with Crippen molar-refractivity contribution in [1.29, 1.82) is 5.26 Å². The molecule has 0 bridgehead atoms. The molecule has 3 heteroatoms. The van der Waals surface area contributed by atoms with Crippen LogP contribution in [0.25, 0.3) is 0 Å². The fourth-order valence-corrected chi connectivity index (χ4v) is 1.50. The molecule has 16 heavy (non-hydrogen) atoms. The summed E-state index contributed by atoms with van der Waals surface area (Å²) in [6, 6.07) is 5.61. The van der Waals surface area contributed by atoms with Crippen molar-refractivity contribution >= 4 is 5.78 Å². The molecule has 0 unspecified atom stereocenters. The van der Waals surface area contributed by atoms with E-state index < -0.39 is 0 Å². The van der Waals surface area contributed by atoms with E-state index in [0.717, 1.165) is 11.1 Å². The summed E-state index contributed by atoms with van der Waals surface area (Å²) in [7, 11) is 0. The molecule has 0 heterocycles. The minimum atomic E-state index is 0.0724. The van der Waals surface area contributed by atoms with Gasteiger partial charge in [-0.25, -0.2) is 0 Å². The van der Waals surface area contributed by atoms with Crippen LogP contribution in [0, 0.1) is 25.2 Å². The minimum Gasteiger partial charge on any atom is -0.485 e. The van der Waals surface area contributed by atoms with E-state index in [-0.39, 0.29) is 12.4 Å². The zero-order chi connectivity index (χ0) is 12.1. The van der Waals surface area contributed by atoms with Crippen LogP contribution < -0.4 is 4.74 Å². The summed E-state index contributed by atoms with van der Waals surface area (Å²) in [6.07, 6.45) is 0.481. The normalized spacial score (nSPS) is 9.62. The van der Waals surface area contributed by atoms with Crippen LogP contribution in [-0.4, -0.2) is 12.4 Å². The second-order valence-electron chi connectivity index (χ2n) is 3.73. The van der Waals surface area contributed by atoms with Crippen LogP contribution in [0.5, 0.6) is 5.75 Å². The lowest BCUT2D eigenvalue weighted by molar-refractivity contribution is -0.120. The van der Waals surface area contributed by atoms with Gasteiger partial charge in [0.1, 0.15) is 12.4 Å². The summed E-state index contributed by atoms with van der Waals surface area (Å²) in [5, 5.41) is 8.79. The predicted molar refractivity (Wildman–Crippen MR) is 61.4 cm³/mol. The molecule has 0 amide bonds. The Labute approximate surface area is 95.7 Å². The number of hydrogen-bond acceptors (Lipinski definition) is 3. The molecule has 1 aromatic carbocycles. The summed E-state index contributed by atoms with van der Waals surface area (Å²) in [5.41, 5.74) is 2.39. The Morgan fingerprint density at radius 1 is 1.38 bits per heavy atom. The number of rotatable bonds is 4. The molecule has 0 saturated carbocycles. The maximum atomic E-state index is 11.2. The third-order valence-electron chi connectivity index (χ3n) is 2.36. The minimum absolute atomic E-state index is 0.0724. The van der Waals surface area contributed by atoms with E-state index in [1.165, 1.54) is 0 Å². The monoisotopic (exact) mass is 217 g/mol. The third-order valence-corrected chi connectivity index (χ3v) is 2.36. The first-order valence-corrected chi connectivity index (χ1v) is 5.24. The number of carbonyl (C=O) groups is 1. The van der Waals surface area contributed by atoms with Crippen molar-refractivity contribution in [2.24, 2.45) is 0 Å². The van der Waals surface area contributed by atoms with Gasteiger partial charge in [0.2, 0.25) is 0 Å². The Hall–Kier alpha value is -1.82. The molecule has 0 aliphatic heterocycles. The first-order chi connectivity index (χ1) is 7.58. The number of nitriles is 1. The quantitative estimate of drug-likeness (QED) is 0.778. The Bertz CT molecular complexity index is 421. The van der Waals surface area contributed by atoms with Crippen molar-refractivity contribution < 1.29 is 9.53 Å². The number of aryl methyl sites for hydroxylation is 2. The van der Waals surface area contributed by atoms with E-state index in [0.29, 0.717) is 17.7 Å². The van der Waals surface area contributed by atoms with E-state index >= 15 is 0 Å². The average molecular weight is 217 g/mol. The zero-order valence-corrected chi connectivity index (χ0v) is 9.83. The first-order valence-electron chi connectivity index (χ1n) is 5.24. The third kappa shape index (κ3) is 2.83. The molecule has 0 atom stereocenters. The maximum Gasteiger partial charge on any atom is 0.169 e. The van der Waals surface area contributed by atoms with Crippen LogP contribution in [0.15, 0.2) is 12.1 Å². The zero-order valence-electron chi connectivity index (χ0n) is 9.83. The predicted octanol–water partition coefficient (Wildman–Crippen LogP) is 2.53. The van der Waals surface area contributed by atoms with Gasteiger partial charge in [-0.05, 0) is 37.1 Å². The van der Waals surface area contributed by atoms with Gasteiger partial charge in [0.15, 0.2) is 5.78 Å². The van der Waals surface area contributed by atoms with Crippen LogP contribution >= 0.6 is 0 Å². The molecule has 84 valence electrons. The van der Waals surface area contributed by atoms with Gasteiger partial charge in [-0.3, -0.25) is 4.79 Å². The molecular formula is C13H15NO2. The van der Waals surface area contributed by atoms with E-state index in [9.17, 15) is 4.79 Å². The number of carbonyl (C=O) groups excluding carboxylic acids is 1. The molecule has 3 nitrogen and oxygen atoms in total. The van der Waals surface area contributed by atoms with Crippen LogP contribution in [0.3, 0.4) is 0 Å². The summed E-state index contributed by atoms with van der Waals surface area (Å²) in [6.45, 7) is 5.66. The molecule has 0 N–H and O–H groups in total. The number of benzene rings is 1. The van der Waals surface area contributed by atoms with Gasteiger partial charge in [-0.2, -0.15) is 5.26 Å². The largest absolute Gasteiger partial charge is 0.485 e. The number of ether oxygens (including phenoxy) is 1. The van der Waals surface area contributed by atoms with Crippen molar-refractivity contribution in [1.82, 2.24) is 0 Å². The molecule has 0 radical (unpaired) electrons. The standard InChI is InChI=1S/C13H15NO2/c1-4-12(15)8-16-13-9(2)5-11(7-14)6-10(13)3/h5-6H,4,8H2,1-3H3. The van der Waals surface area contributed by atoms with Gasteiger partial charge in [0.25, 0.3) is 0 Å². The average Bonchev–Trinajstić information content (AvgIpc) is 2.27. The molecule has 1 aromatic rings. The Balaban J connectivity index is 2.89. The van der Waals surface area contributed by atoms with E-state index in [1.54, 1.807) is 12.1 Å². The highest BCUT2D eigenvalue weighted by Gasteiger charge is 2.08. The lowest BCUT2D eigenvalue weighted by Crippen LogP contribution is -2.11. The van der Waals surface area contributed by atoms with Crippen LogP contribution in [0.4, 0.5) is 0 Å². The highest BCUT2D eigenvalue weighted by atomic mass is 16.5. The van der Waals surface area contributed by atoms with Gasteiger partial charge in [-0.1, -0.05) is 6.92 Å². The Morgan fingerprint density at radius 2 is 1.94 bits per heavy atom. The number of hydrogen-bond donors (Lipinski definition) is 0. The SMILES string of the molecule is CCC(=O)COc1c(C)cc(C#N)cc1C. The van der Waals surface area contributed by atoms with Crippen LogP contribution in [0.2, 0.25) is 0 Å². The lowest BCUT2D eigenvalue weighted by atomic mass is 10.1. The second-order valence-corrected chi connectivity index (χ2v) is 3.73. The van der Waals surface area contributed by atoms with Gasteiger partial charge < -0.3 is 4.74 Å². The molecule has 0 fully saturated rings. The molecular weight excluding hydrogens is 202 g/mol. The fourth-order valence-electron chi connectivity index (χ4n) is 1.50. The summed E-state index contributed by atoms with van der Waals surface area (Å²) < 4.78 is 5.46. The molecule has 0 aliphatic rings. The van der Waals surface area contributed by atoms with Crippen molar-refractivity contribution in [3.63, 3.8) is 0 Å². The van der Waals surface area contributed by atoms with Gasteiger partial charge in [-0.15, -0.1) is 0 Å². The van der Waals surface area contributed by atoms with E-state index in [1.807, 2.05) is 20.8 Å². The van der Waals surface area contributed by atoms with Crippen molar-refractivity contribution in [2.75, 3.05) is 6.61 Å². The maximum absolute atomic E-state index is 11.2. The lowest BCUT2D eigenvalue weighted by Gasteiger charge is -2.11. The van der Waals surface area contributed by atoms with Crippen LogP contribution in [0.1, 0.15) is 30.0 Å². The van der Waals surface area contributed by atoms with E-state index in [2.05, 4.69) is 6.07 Å². The van der Waals surface area contributed by atoms with Crippen molar-refractivity contribution in [3.8, 4) is 11.8 Å². The molecule has 0 spiro atoms. The number of ketones is 1. The van der Waals surface area contributed by atoms with Gasteiger partial charge >= 0.3 is 0 Å². The van der Waals surface area contributed by atoms with Crippen LogP contribution in [-0.2, 0) is 4.79 Å². The summed E-state index contributed by atoms with van der Waals surface area (Å²) >= 11 is 0. The highest BCUT2D eigenvalue weighted by molar-refractivity contribution is 5.79. The van der Waals surface area contributed by atoms with E-state index in [4.69, 9.17) is 10.00 Å². The van der Waals surface area contributed by atoms with Gasteiger partial charge in [0.05, 0.1) is 11.6 Å². The summed E-state index contributed by atoms with van der Waals surface area (Å²) in [5.74, 6) is 0.781. The summed E-state index contributed by atoms with van der Waals surface area (Å²) in [4.78, 5) is 11.2. The Morgan fingerprint density at radius 3 is 2.38 bits per heavy atom. The molecule has 0 saturated heterocycles. The second kappa shape index (κ2) is 5.32. The van der Waals surface area contributed by atoms with Crippen molar-refractivity contribution in [2.45, 2.75) is 27.2 Å². The smallest absolute Gasteiger partial charge is 0.169 e. The number of Topliss-reactive ketones (excluding diaryl/α,β-unsaturated/α-hetero) is 1. The molecule has 0 aliphatic carbocycles. The Kier molecular flexibility index (Phi) is 4.07. The highest BCUT2D eigenvalue weighted by Crippen LogP contribution is 2.24. The first kappa shape index (κ1) is 12.3. The topological polar surface area (TPSA) is 50.1 Å². The van der Waals surface area contributed by atoms with Crippen molar-refractivity contribution in [3.05, 3.63) is 28.8 Å². The van der Waals surface area contributed by atoms with Gasteiger partial charge in [0, 0.05) is 6.42 Å². The number of nitrogens with zero attached hydrogens (tertiary/aromatic N) is 1. The molecule has 0 aromatic heterocycles. The molecule has 1 rings (SSSR count). The fraction of sp³-hybridized carbons (Fsp3) is 0.385.